The lowest BCUT2D eigenvalue weighted by Gasteiger charge is -2.06. The van der Waals surface area contributed by atoms with Crippen LogP contribution in [0.3, 0.4) is 0 Å². The number of hydrazone groups is 1. The van der Waals surface area contributed by atoms with Gasteiger partial charge in [-0.3, -0.25) is 4.79 Å². The summed E-state index contributed by atoms with van der Waals surface area (Å²) in [5.41, 5.74) is 5.07. The molecule has 0 bridgehead atoms. The first kappa shape index (κ1) is 18.1. The Morgan fingerprint density at radius 3 is 2.62 bits per heavy atom. The Balaban J connectivity index is 1.57. The molecular weight excluding hydrogens is 439 g/mol. The molecule has 0 aliphatic carbocycles. The molecule has 3 aromatic rings. The van der Waals surface area contributed by atoms with E-state index in [1.165, 1.54) is 0 Å². The zero-order valence-electron chi connectivity index (χ0n) is 13.9. The Labute approximate surface area is 166 Å². The van der Waals surface area contributed by atoms with Gasteiger partial charge in [0.2, 0.25) is 0 Å². The number of benzene rings is 3. The zero-order valence-corrected chi connectivity index (χ0v) is 16.1. The first-order chi connectivity index (χ1) is 12.7. The van der Waals surface area contributed by atoms with Crippen LogP contribution >= 0.6 is 22.6 Å². The molecule has 0 atom stereocenters. The number of hydrogen-bond acceptors (Lipinski definition) is 3. The van der Waals surface area contributed by atoms with Crippen molar-refractivity contribution in [2.24, 2.45) is 5.10 Å². The highest BCUT2D eigenvalue weighted by molar-refractivity contribution is 14.1. The SMILES string of the molecule is O=C(N/N=C\c1cccc(OCc2ccccc2)c1)c1cccc(I)c1. The van der Waals surface area contributed by atoms with Gasteiger partial charge in [-0.2, -0.15) is 5.10 Å². The topological polar surface area (TPSA) is 50.7 Å². The molecule has 0 heterocycles. The first-order valence-electron chi connectivity index (χ1n) is 8.06. The smallest absolute Gasteiger partial charge is 0.271 e. The molecule has 3 rings (SSSR count). The molecule has 0 fully saturated rings. The maximum Gasteiger partial charge on any atom is 0.271 e. The van der Waals surface area contributed by atoms with Crippen LogP contribution in [0.2, 0.25) is 0 Å². The van der Waals surface area contributed by atoms with Crippen LogP contribution in [0, 0.1) is 3.57 Å². The predicted octanol–water partition coefficient (Wildman–Crippen LogP) is 4.63. The molecule has 4 nitrogen and oxygen atoms in total. The van der Waals surface area contributed by atoms with Crippen LogP contribution in [0.25, 0.3) is 0 Å². The van der Waals surface area contributed by atoms with E-state index in [0.29, 0.717) is 12.2 Å². The second-order valence-electron chi connectivity index (χ2n) is 5.56. The summed E-state index contributed by atoms with van der Waals surface area (Å²) >= 11 is 2.17. The number of ether oxygens (including phenoxy) is 1. The normalized spacial score (nSPS) is 10.7. The van der Waals surface area contributed by atoms with Gasteiger partial charge in [0.25, 0.3) is 5.91 Å². The van der Waals surface area contributed by atoms with Crippen molar-refractivity contribution in [1.29, 1.82) is 0 Å². The molecule has 3 aromatic carbocycles. The van der Waals surface area contributed by atoms with Gasteiger partial charge in [0.05, 0.1) is 6.21 Å². The summed E-state index contributed by atoms with van der Waals surface area (Å²) in [7, 11) is 0. The molecule has 130 valence electrons. The highest BCUT2D eigenvalue weighted by atomic mass is 127. The van der Waals surface area contributed by atoms with E-state index in [9.17, 15) is 4.79 Å². The number of nitrogens with zero attached hydrogens (tertiary/aromatic N) is 1. The van der Waals surface area contributed by atoms with Crippen molar-refractivity contribution in [2.75, 3.05) is 0 Å². The van der Waals surface area contributed by atoms with Gasteiger partial charge in [0.1, 0.15) is 12.4 Å². The van der Waals surface area contributed by atoms with Crippen LogP contribution in [-0.2, 0) is 6.61 Å². The molecule has 0 radical (unpaired) electrons. The monoisotopic (exact) mass is 456 g/mol. The van der Waals surface area contributed by atoms with Crippen molar-refractivity contribution in [2.45, 2.75) is 6.61 Å². The Morgan fingerprint density at radius 2 is 1.81 bits per heavy atom. The van der Waals surface area contributed by atoms with Crippen LogP contribution in [0.1, 0.15) is 21.5 Å². The minimum atomic E-state index is -0.240. The molecule has 0 saturated carbocycles. The summed E-state index contributed by atoms with van der Waals surface area (Å²) in [6.07, 6.45) is 1.60. The summed E-state index contributed by atoms with van der Waals surface area (Å²) in [5, 5.41) is 4.02. The molecule has 5 heteroatoms. The van der Waals surface area contributed by atoms with E-state index in [-0.39, 0.29) is 5.91 Å². The Kier molecular flexibility index (Phi) is 6.38. The lowest BCUT2D eigenvalue weighted by Crippen LogP contribution is -2.17. The minimum Gasteiger partial charge on any atom is -0.489 e. The third kappa shape index (κ3) is 5.42. The third-order valence-electron chi connectivity index (χ3n) is 3.57. The number of hydrogen-bond donors (Lipinski definition) is 1. The number of amides is 1. The number of rotatable bonds is 6. The predicted molar refractivity (Wildman–Crippen MR) is 111 cm³/mol. The van der Waals surface area contributed by atoms with E-state index >= 15 is 0 Å². The van der Waals surface area contributed by atoms with Crippen LogP contribution in [-0.4, -0.2) is 12.1 Å². The van der Waals surface area contributed by atoms with E-state index < -0.39 is 0 Å². The standard InChI is InChI=1S/C21H17IN2O2/c22-19-10-5-9-18(13-19)21(25)24-23-14-17-8-4-11-20(12-17)26-15-16-6-2-1-3-7-16/h1-14H,15H2,(H,24,25)/b23-14-. The van der Waals surface area contributed by atoms with Crippen molar-refractivity contribution in [3.8, 4) is 5.75 Å². The van der Waals surface area contributed by atoms with E-state index in [4.69, 9.17) is 4.74 Å². The molecule has 0 aromatic heterocycles. The molecule has 1 N–H and O–H groups in total. The minimum absolute atomic E-state index is 0.240. The van der Waals surface area contributed by atoms with Crippen LogP contribution in [0.4, 0.5) is 0 Å². The van der Waals surface area contributed by atoms with Crippen molar-refractivity contribution < 1.29 is 9.53 Å². The fourth-order valence-electron chi connectivity index (χ4n) is 2.29. The summed E-state index contributed by atoms with van der Waals surface area (Å²) in [4.78, 5) is 12.1. The number of halogens is 1. The summed E-state index contributed by atoms with van der Waals surface area (Å²) in [6, 6.07) is 24.9. The van der Waals surface area contributed by atoms with Gasteiger partial charge in [0.15, 0.2) is 0 Å². The Bertz CT molecular complexity index is 911. The van der Waals surface area contributed by atoms with Gasteiger partial charge in [-0.05, 0) is 64.0 Å². The molecule has 0 spiro atoms. The molecular formula is C21H17IN2O2. The highest BCUT2D eigenvalue weighted by Crippen LogP contribution is 2.14. The maximum absolute atomic E-state index is 12.1. The van der Waals surface area contributed by atoms with Crippen molar-refractivity contribution in [1.82, 2.24) is 5.43 Å². The van der Waals surface area contributed by atoms with E-state index in [1.807, 2.05) is 72.8 Å². The van der Waals surface area contributed by atoms with E-state index in [2.05, 4.69) is 33.1 Å². The van der Waals surface area contributed by atoms with Gasteiger partial charge in [-0.15, -0.1) is 0 Å². The van der Waals surface area contributed by atoms with Gasteiger partial charge < -0.3 is 4.74 Å². The lowest BCUT2D eigenvalue weighted by atomic mass is 10.2. The summed E-state index contributed by atoms with van der Waals surface area (Å²) < 4.78 is 6.80. The molecule has 0 saturated heterocycles. The van der Waals surface area contributed by atoms with Gasteiger partial charge in [-0.25, -0.2) is 5.43 Å². The quantitative estimate of drug-likeness (QED) is 0.334. The third-order valence-corrected chi connectivity index (χ3v) is 4.24. The van der Waals surface area contributed by atoms with Crippen LogP contribution in [0.15, 0.2) is 84.0 Å². The fraction of sp³-hybridized carbons (Fsp3) is 0.0476. The molecule has 0 unspecified atom stereocenters. The van der Waals surface area contributed by atoms with Crippen molar-refractivity contribution >= 4 is 34.7 Å². The number of nitrogens with one attached hydrogen (secondary N) is 1. The lowest BCUT2D eigenvalue weighted by molar-refractivity contribution is 0.0955. The zero-order chi connectivity index (χ0) is 18.2. The van der Waals surface area contributed by atoms with Gasteiger partial charge in [-0.1, -0.05) is 48.5 Å². The molecule has 0 aliphatic heterocycles. The second-order valence-corrected chi connectivity index (χ2v) is 6.80. The molecule has 26 heavy (non-hydrogen) atoms. The molecule has 1 amide bonds. The average molecular weight is 456 g/mol. The van der Waals surface area contributed by atoms with Crippen LogP contribution < -0.4 is 10.2 Å². The van der Waals surface area contributed by atoms with Crippen molar-refractivity contribution in [3.05, 3.63) is 99.1 Å². The first-order valence-corrected chi connectivity index (χ1v) is 9.14. The Hall–Kier alpha value is -2.67. The van der Waals surface area contributed by atoms with Gasteiger partial charge >= 0.3 is 0 Å². The Morgan fingerprint density at radius 1 is 1.00 bits per heavy atom. The van der Waals surface area contributed by atoms with E-state index in [1.54, 1.807) is 12.3 Å². The maximum atomic E-state index is 12.1. The molecule has 0 aliphatic rings. The number of carbonyl (C=O) groups is 1. The second kappa shape index (κ2) is 9.15. The summed E-state index contributed by atoms with van der Waals surface area (Å²) in [5.74, 6) is 0.512. The summed E-state index contributed by atoms with van der Waals surface area (Å²) in [6.45, 7) is 0.505. The fourth-order valence-corrected chi connectivity index (χ4v) is 2.83. The van der Waals surface area contributed by atoms with E-state index in [0.717, 1.165) is 20.4 Å². The number of carbonyl (C=O) groups excluding carboxylic acids is 1. The van der Waals surface area contributed by atoms with Crippen LogP contribution in [0.5, 0.6) is 5.75 Å². The van der Waals surface area contributed by atoms with Gasteiger partial charge in [0, 0.05) is 9.13 Å². The average Bonchev–Trinajstić information content (AvgIpc) is 2.67. The van der Waals surface area contributed by atoms with Crippen molar-refractivity contribution in [3.63, 3.8) is 0 Å². The largest absolute Gasteiger partial charge is 0.489 e. The highest BCUT2D eigenvalue weighted by Gasteiger charge is 2.03.